The van der Waals surface area contributed by atoms with Crippen molar-refractivity contribution in [1.82, 2.24) is 4.98 Å². The molecule has 14 heavy (non-hydrogen) atoms. The predicted octanol–water partition coefficient (Wildman–Crippen LogP) is 0.439. The third-order valence-electron chi connectivity index (χ3n) is 2.21. The molecule has 1 aromatic rings. The Labute approximate surface area is 80.5 Å². The summed E-state index contributed by atoms with van der Waals surface area (Å²) < 4.78 is 0. The van der Waals surface area contributed by atoms with Gasteiger partial charge in [0.2, 0.25) is 5.91 Å². The summed E-state index contributed by atoms with van der Waals surface area (Å²) in [5.74, 6) is -0.266. The van der Waals surface area contributed by atoms with Crippen molar-refractivity contribution < 1.29 is 9.59 Å². The van der Waals surface area contributed by atoms with Gasteiger partial charge in [-0.05, 0) is 18.1 Å². The topological polar surface area (TPSA) is 76.3 Å². The zero-order valence-electron chi connectivity index (χ0n) is 7.43. The molecule has 3 amide bonds. The van der Waals surface area contributed by atoms with Crippen LogP contribution in [0.4, 0.5) is 10.5 Å². The third kappa shape index (κ3) is 1.22. The van der Waals surface area contributed by atoms with E-state index in [9.17, 15) is 9.59 Å². The number of carbonyl (C=O) groups excluding carboxylic acids is 2. The molecule has 72 valence electrons. The van der Waals surface area contributed by atoms with Gasteiger partial charge in [0.1, 0.15) is 0 Å². The molecule has 1 aliphatic heterocycles. The van der Waals surface area contributed by atoms with Crippen LogP contribution in [0.2, 0.25) is 0 Å². The van der Waals surface area contributed by atoms with Crippen LogP contribution in [0.15, 0.2) is 18.5 Å². The number of primary amides is 1. The zero-order chi connectivity index (χ0) is 10.1. The molecule has 0 radical (unpaired) electrons. The molecule has 2 N–H and O–H groups in total. The van der Waals surface area contributed by atoms with Gasteiger partial charge in [0.25, 0.3) is 0 Å². The van der Waals surface area contributed by atoms with E-state index >= 15 is 0 Å². The Morgan fingerprint density at radius 1 is 1.50 bits per heavy atom. The standard InChI is InChI=1S/C9H9N3O2/c10-9(14)12-7-5-11-4-3-6(7)1-2-8(12)13/h3-5H,1-2H2,(H2,10,14). The van der Waals surface area contributed by atoms with Crippen LogP contribution >= 0.6 is 0 Å². The van der Waals surface area contributed by atoms with Gasteiger partial charge >= 0.3 is 6.03 Å². The number of pyridine rings is 1. The summed E-state index contributed by atoms with van der Waals surface area (Å²) in [5.41, 5.74) is 6.55. The molecular formula is C9H9N3O2. The third-order valence-corrected chi connectivity index (χ3v) is 2.21. The van der Waals surface area contributed by atoms with Crippen LogP contribution in [0.25, 0.3) is 0 Å². The van der Waals surface area contributed by atoms with Gasteiger partial charge in [-0.25, -0.2) is 9.69 Å². The first kappa shape index (κ1) is 8.68. The number of nitrogens with zero attached hydrogens (tertiary/aromatic N) is 2. The summed E-state index contributed by atoms with van der Waals surface area (Å²) in [7, 11) is 0. The first-order valence-corrected chi connectivity index (χ1v) is 4.25. The molecule has 0 saturated carbocycles. The number of anilines is 1. The summed E-state index contributed by atoms with van der Waals surface area (Å²) in [5, 5.41) is 0. The number of hydrogen-bond donors (Lipinski definition) is 1. The van der Waals surface area contributed by atoms with E-state index in [4.69, 9.17) is 5.73 Å². The molecule has 5 nitrogen and oxygen atoms in total. The van der Waals surface area contributed by atoms with E-state index in [1.54, 1.807) is 12.3 Å². The fourth-order valence-corrected chi connectivity index (χ4v) is 1.56. The Bertz CT molecular complexity index is 403. The molecule has 1 aliphatic rings. The fraction of sp³-hybridized carbons (Fsp3) is 0.222. The molecule has 0 spiro atoms. The predicted molar refractivity (Wildman–Crippen MR) is 49.6 cm³/mol. The molecule has 0 atom stereocenters. The summed E-state index contributed by atoms with van der Waals surface area (Å²) >= 11 is 0. The normalized spacial score (nSPS) is 15.1. The number of carbonyl (C=O) groups is 2. The fourth-order valence-electron chi connectivity index (χ4n) is 1.56. The van der Waals surface area contributed by atoms with E-state index in [0.717, 1.165) is 10.5 Å². The quantitative estimate of drug-likeness (QED) is 0.646. The van der Waals surface area contributed by atoms with Crippen molar-refractivity contribution in [3.05, 3.63) is 24.0 Å². The molecule has 0 bridgehead atoms. The molecule has 0 aromatic carbocycles. The molecule has 0 unspecified atom stereocenters. The minimum Gasteiger partial charge on any atom is -0.351 e. The number of urea groups is 1. The van der Waals surface area contributed by atoms with Crippen molar-refractivity contribution >= 4 is 17.6 Å². The second kappa shape index (κ2) is 3.10. The van der Waals surface area contributed by atoms with Crippen LogP contribution in [-0.4, -0.2) is 16.9 Å². The van der Waals surface area contributed by atoms with Gasteiger partial charge in [-0.2, -0.15) is 0 Å². The molecule has 1 aromatic heterocycles. The van der Waals surface area contributed by atoms with E-state index in [-0.39, 0.29) is 5.91 Å². The van der Waals surface area contributed by atoms with Crippen LogP contribution in [0.3, 0.4) is 0 Å². The largest absolute Gasteiger partial charge is 0.351 e. The molecule has 0 saturated heterocycles. The summed E-state index contributed by atoms with van der Waals surface area (Å²) in [6.45, 7) is 0. The first-order chi connectivity index (χ1) is 6.70. The van der Waals surface area contributed by atoms with Crippen LogP contribution in [0, 0.1) is 0 Å². The Balaban J connectivity index is 2.51. The molecule has 0 aliphatic carbocycles. The van der Waals surface area contributed by atoms with Crippen molar-refractivity contribution in [2.45, 2.75) is 12.8 Å². The number of imide groups is 1. The van der Waals surface area contributed by atoms with Gasteiger partial charge < -0.3 is 5.73 Å². The van der Waals surface area contributed by atoms with Crippen LogP contribution in [0.1, 0.15) is 12.0 Å². The highest BCUT2D eigenvalue weighted by atomic mass is 16.2. The van der Waals surface area contributed by atoms with E-state index in [0.29, 0.717) is 18.5 Å². The number of aryl methyl sites for hydroxylation is 1. The van der Waals surface area contributed by atoms with Gasteiger partial charge in [-0.1, -0.05) is 0 Å². The zero-order valence-corrected chi connectivity index (χ0v) is 7.43. The lowest BCUT2D eigenvalue weighted by Crippen LogP contribution is -2.43. The van der Waals surface area contributed by atoms with Gasteiger partial charge in [-0.3, -0.25) is 9.78 Å². The van der Waals surface area contributed by atoms with Crippen molar-refractivity contribution in [2.75, 3.05) is 4.90 Å². The van der Waals surface area contributed by atoms with E-state index in [1.165, 1.54) is 6.20 Å². The van der Waals surface area contributed by atoms with E-state index in [2.05, 4.69) is 4.98 Å². The lowest BCUT2D eigenvalue weighted by molar-refractivity contribution is -0.118. The lowest BCUT2D eigenvalue weighted by atomic mass is 10.0. The number of aromatic nitrogens is 1. The summed E-state index contributed by atoms with van der Waals surface area (Å²) in [6, 6.07) is 1.04. The monoisotopic (exact) mass is 191 g/mol. The number of amides is 3. The first-order valence-electron chi connectivity index (χ1n) is 4.25. The van der Waals surface area contributed by atoms with Crippen LogP contribution in [-0.2, 0) is 11.2 Å². The number of hydrogen-bond acceptors (Lipinski definition) is 3. The Morgan fingerprint density at radius 3 is 3.00 bits per heavy atom. The SMILES string of the molecule is NC(=O)N1C(=O)CCc2ccncc21. The number of nitrogens with two attached hydrogens (primary N) is 1. The summed E-state index contributed by atoms with van der Waals surface area (Å²) in [4.78, 5) is 27.3. The van der Waals surface area contributed by atoms with Crippen molar-refractivity contribution in [3.8, 4) is 0 Å². The highest BCUT2D eigenvalue weighted by molar-refractivity contribution is 6.15. The number of fused-ring (bicyclic) bond motifs is 1. The van der Waals surface area contributed by atoms with E-state index < -0.39 is 6.03 Å². The van der Waals surface area contributed by atoms with Crippen LogP contribution in [0.5, 0.6) is 0 Å². The Kier molecular flexibility index (Phi) is 1.92. The summed E-state index contributed by atoms with van der Waals surface area (Å²) in [6.07, 6.45) is 4.07. The minimum absolute atomic E-state index is 0.266. The smallest absolute Gasteiger partial charge is 0.326 e. The van der Waals surface area contributed by atoms with Gasteiger partial charge in [-0.15, -0.1) is 0 Å². The molecule has 0 fully saturated rings. The minimum atomic E-state index is -0.746. The van der Waals surface area contributed by atoms with Crippen molar-refractivity contribution in [3.63, 3.8) is 0 Å². The van der Waals surface area contributed by atoms with Gasteiger partial charge in [0.05, 0.1) is 11.9 Å². The Morgan fingerprint density at radius 2 is 2.29 bits per heavy atom. The maximum atomic E-state index is 11.4. The van der Waals surface area contributed by atoms with Crippen molar-refractivity contribution in [1.29, 1.82) is 0 Å². The number of rotatable bonds is 0. The molecule has 5 heteroatoms. The van der Waals surface area contributed by atoms with E-state index in [1.807, 2.05) is 0 Å². The molecular weight excluding hydrogens is 182 g/mol. The lowest BCUT2D eigenvalue weighted by Gasteiger charge is -2.25. The van der Waals surface area contributed by atoms with Gasteiger partial charge in [0, 0.05) is 12.6 Å². The molecule has 2 heterocycles. The second-order valence-corrected chi connectivity index (χ2v) is 3.07. The Hall–Kier alpha value is -1.91. The van der Waals surface area contributed by atoms with Gasteiger partial charge in [0.15, 0.2) is 0 Å². The second-order valence-electron chi connectivity index (χ2n) is 3.07. The molecule has 2 rings (SSSR count). The highest BCUT2D eigenvalue weighted by Crippen LogP contribution is 2.25. The maximum Gasteiger partial charge on any atom is 0.326 e. The average molecular weight is 191 g/mol. The van der Waals surface area contributed by atoms with Crippen LogP contribution < -0.4 is 10.6 Å². The van der Waals surface area contributed by atoms with Crippen molar-refractivity contribution in [2.24, 2.45) is 5.73 Å². The average Bonchev–Trinajstić information content (AvgIpc) is 2.17. The highest BCUT2D eigenvalue weighted by Gasteiger charge is 2.27. The maximum absolute atomic E-state index is 11.4.